The molecule has 0 atom stereocenters. The van der Waals surface area contributed by atoms with Gasteiger partial charge in [0.1, 0.15) is 0 Å². The minimum Gasteiger partial charge on any atom is -0.390 e. The standard InChI is InChI=1S/C14H20O.ClH/c1-12-7-3-4-8-13(12)11-14(15)9-5-2-6-10-14;/h3-4,7-8,15H,2,5-6,9-11H2,1H3;1H. The van der Waals surface area contributed by atoms with Crippen LogP contribution in [0.4, 0.5) is 0 Å². The van der Waals surface area contributed by atoms with E-state index in [1.807, 2.05) is 0 Å². The van der Waals surface area contributed by atoms with Gasteiger partial charge in [-0.2, -0.15) is 0 Å². The van der Waals surface area contributed by atoms with Crippen LogP contribution in [-0.2, 0) is 6.42 Å². The highest BCUT2D eigenvalue weighted by molar-refractivity contribution is 5.85. The number of hydrogen-bond donors (Lipinski definition) is 1. The fourth-order valence-corrected chi connectivity index (χ4v) is 2.55. The van der Waals surface area contributed by atoms with Crippen LogP contribution in [0.2, 0.25) is 0 Å². The lowest BCUT2D eigenvalue weighted by atomic mass is 9.80. The van der Waals surface area contributed by atoms with Crippen molar-refractivity contribution in [3.63, 3.8) is 0 Å². The molecule has 2 rings (SSSR count). The van der Waals surface area contributed by atoms with Crippen LogP contribution < -0.4 is 0 Å². The van der Waals surface area contributed by atoms with E-state index in [4.69, 9.17) is 0 Å². The molecule has 90 valence electrons. The summed E-state index contributed by atoms with van der Waals surface area (Å²) in [7, 11) is 0. The molecule has 1 N–H and O–H groups in total. The average molecular weight is 241 g/mol. The van der Waals surface area contributed by atoms with Crippen molar-refractivity contribution in [2.24, 2.45) is 0 Å². The SMILES string of the molecule is Cc1ccccc1CC1(O)CCCCC1.Cl. The summed E-state index contributed by atoms with van der Waals surface area (Å²) in [5.41, 5.74) is 2.18. The Morgan fingerprint density at radius 3 is 2.38 bits per heavy atom. The van der Waals surface area contributed by atoms with Crippen LogP contribution in [0.15, 0.2) is 24.3 Å². The molecule has 0 unspecified atom stereocenters. The molecule has 1 nitrogen and oxygen atoms in total. The van der Waals surface area contributed by atoms with Gasteiger partial charge in [0.2, 0.25) is 0 Å². The van der Waals surface area contributed by atoms with Gasteiger partial charge in [0.25, 0.3) is 0 Å². The number of halogens is 1. The van der Waals surface area contributed by atoms with E-state index in [2.05, 4.69) is 31.2 Å². The Morgan fingerprint density at radius 2 is 1.75 bits per heavy atom. The quantitative estimate of drug-likeness (QED) is 0.837. The molecule has 0 spiro atoms. The molecule has 0 heterocycles. The monoisotopic (exact) mass is 240 g/mol. The maximum absolute atomic E-state index is 10.4. The van der Waals surface area contributed by atoms with E-state index >= 15 is 0 Å². The van der Waals surface area contributed by atoms with Gasteiger partial charge in [0, 0.05) is 6.42 Å². The summed E-state index contributed by atoms with van der Waals surface area (Å²) in [5, 5.41) is 10.4. The lowest BCUT2D eigenvalue weighted by molar-refractivity contribution is 0.00436. The van der Waals surface area contributed by atoms with Crippen LogP contribution in [-0.4, -0.2) is 10.7 Å². The predicted molar refractivity (Wildman–Crippen MR) is 70.2 cm³/mol. The molecule has 0 bridgehead atoms. The molecular formula is C14H21ClO. The average Bonchev–Trinajstić information content (AvgIpc) is 2.22. The molecule has 0 aromatic heterocycles. The number of benzene rings is 1. The van der Waals surface area contributed by atoms with Crippen molar-refractivity contribution >= 4 is 12.4 Å². The third-order valence-electron chi connectivity index (χ3n) is 3.57. The Hall–Kier alpha value is -0.530. The summed E-state index contributed by atoms with van der Waals surface area (Å²) in [6.07, 6.45) is 6.43. The van der Waals surface area contributed by atoms with Gasteiger partial charge in [0.15, 0.2) is 0 Å². The maximum atomic E-state index is 10.4. The van der Waals surface area contributed by atoms with Gasteiger partial charge in [-0.1, -0.05) is 43.5 Å². The van der Waals surface area contributed by atoms with Crippen LogP contribution in [0.1, 0.15) is 43.2 Å². The molecular weight excluding hydrogens is 220 g/mol. The van der Waals surface area contributed by atoms with E-state index in [0.717, 1.165) is 19.3 Å². The molecule has 1 fully saturated rings. The largest absolute Gasteiger partial charge is 0.390 e. The first-order valence-electron chi connectivity index (χ1n) is 5.97. The normalized spacial score (nSPS) is 18.9. The van der Waals surface area contributed by atoms with Gasteiger partial charge in [-0.25, -0.2) is 0 Å². The second kappa shape index (κ2) is 5.70. The zero-order valence-corrected chi connectivity index (χ0v) is 10.7. The van der Waals surface area contributed by atoms with E-state index < -0.39 is 5.60 Å². The Balaban J connectivity index is 0.00000128. The molecule has 0 aliphatic heterocycles. The second-order valence-electron chi connectivity index (χ2n) is 4.89. The van der Waals surface area contributed by atoms with E-state index in [0.29, 0.717) is 0 Å². The van der Waals surface area contributed by atoms with E-state index in [1.165, 1.54) is 30.4 Å². The van der Waals surface area contributed by atoms with E-state index in [-0.39, 0.29) is 12.4 Å². The van der Waals surface area contributed by atoms with Crippen molar-refractivity contribution in [2.45, 2.75) is 51.0 Å². The molecule has 1 aliphatic carbocycles. The number of rotatable bonds is 2. The molecule has 1 aromatic rings. The van der Waals surface area contributed by atoms with Crippen molar-refractivity contribution in [3.05, 3.63) is 35.4 Å². The summed E-state index contributed by atoms with van der Waals surface area (Å²) >= 11 is 0. The molecule has 0 saturated heterocycles. The fraction of sp³-hybridized carbons (Fsp3) is 0.571. The topological polar surface area (TPSA) is 20.2 Å². The summed E-state index contributed by atoms with van der Waals surface area (Å²) in [6.45, 7) is 2.13. The number of hydrogen-bond acceptors (Lipinski definition) is 1. The zero-order chi connectivity index (χ0) is 10.7. The highest BCUT2D eigenvalue weighted by atomic mass is 35.5. The molecule has 16 heavy (non-hydrogen) atoms. The first-order chi connectivity index (χ1) is 7.20. The van der Waals surface area contributed by atoms with Gasteiger partial charge >= 0.3 is 0 Å². The Kier molecular flexibility index (Phi) is 4.82. The highest BCUT2D eigenvalue weighted by Gasteiger charge is 2.29. The number of aryl methyl sites for hydroxylation is 1. The lowest BCUT2D eigenvalue weighted by Crippen LogP contribution is -2.34. The van der Waals surface area contributed by atoms with Crippen molar-refractivity contribution in [1.82, 2.24) is 0 Å². The van der Waals surface area contributed by atoms with Crippen LogP contribution in [0.25, 0.3) is 0 Å². The molecule has 0 amide bonds. The fourth-order valence-electron chi connectivity index (χ4n) is 2.55. The third-order valence-corrected chi connectivity index (χ3v) is 3.57. The first kappa shape index (κ1) is 13.5. The van der Waals surface area contributed by atoms with Gasteiger partial charge in [-0.3, -0.25) is 0 Å². The molecule has 1 aliphatic rings. The highest BCUT2D eigenvalue weighted by Crippen LogP contribution is 2.31. The second-order valence-corrected chi connectivity index (χ2v) is 4.89. The Bertz CT molecular complexity index is 329. The van der Waals surface area contributed by atoms with E-state index in [1.54, 1.807) is 0 Å². The minimum absolute atomic E-state index is 0. The van der Waals surface area contributed by atoms with Gasteiger partial charge in [-0.05, 0) is 30.9 Å². The van der Waals surface area contributed by atoms with Crippen molar-refractivity contribution in [3.8, 4) is 0 Å². The summed E-state index contributed by atoms with van der Waals surface area (Å²) in [5.74, 6) is 0. The van der Waals surface area contributed by atoms with Gasteiger partial charge < -0.3 is 5.11 Å². The van der Waals surface area contributed by atoms with Crippen molar-refractivity contribution in [1.29, 1.82) is 0 Å². The summed E-state index contributed by atoms with van der Waals surface area (Å²) < 4.78 is 0. The lowest BCUT2D eigenvalue weighted by Gasteiger charge is -2.32. The molecule has 1 saturated carbocycles. The zero-order valence-electron chi connectivity index (χ0n) is 9.91. The molecule has 2 heteroatoms. The Labute approximate surface area is 104 Å². The van der Waals surface area contributed by atoms with Crippen LogP contribution >= 0.6 is 12.4 Å². The van der Waals surface area contributed by atoms with Crippen LogP contribution in [0.5, 0.6) is 0 Å². The maximum Gasteiger partial charge on any atom is 0.0688 e. The number of aliphatic hydroxyl groups is 1. The third kappa shape index (κ3) is 3.23. The first-order valence-corrected chi connectivity index (χ1v) is 5.97. The van der Waals surface area contributed by atoms with E-state index in [9.17, 15) is 5.11 Å². The van der Waals surface area contributed by atoms with Crippen LogP contribution in [0, 0.1) is 6.92 Å². The van der Waals surface area contributed by atoms with Crippen molar-refractivity contribution in [2.75, 3.05) is 0 Å². The van der Waals surface area contributed by atoms with Gasteiger partial charge in [0.05, 0.1) is 5.60 Å². The summed E-state index contributed by atoms with van der Waals surface area (Å²) in [6, 6.07) is 8.39. The molecule has 0 radical (unpaired) electrons. The smallest absolute Gasteiger partial charge is 0.0688 e. The predicted octanol–water partition coefficient (Wildman–Crippen LogP) is 3.65. The molecule has 1 aromatic carbocycles. The minimum atomic E-state index is -0.426. The van der Waals surface area contributed by atoms with Crippen molar-refractivity contribution < 1.29 is 5.11 Å². The Morgan fingerprint density at radius 1 is 1.12 bits per heavy atom. The summed E-state index contributed by atoms with van der Waals surface area (Å²) in [4.78, 5) is 0. The van der Waals surface area contributed by atoms with Gasteiger partial charge in [-0.15, -0.1) is 12.4 Å². The van der Waals surface area contributed by atoms with Crippen LogP contribution in [0.3, 0.4) is 0 Å².